The van der Waals surface area contributed by atoms with Crippen molar-refractivity contribution in [3.05, 3.63) is 30.6 Å². The molecule has 0 aliphatic rings. The summed E-state index contributed by atoms with van der Waals surface area (Å²) < 4.78 is 0. The van der Waals surface area contributed by atoms with E-state index in [1.54, 1.807) is 12.4 Å². The van der Waals surface area contributed by atoms with Crippen molar-refractivity contribution in [2.24, 2.45) is 0 Å². The Kier molecular flexibility index (Phi) is 12.9. The number of nitrogens with zero attached hydrogens (tertiary/aromatic N) is 1. The first-order valence-corrected chi connectivity index (χ1v) is 2.48. The van der Waals surface area contributed by atoms with Crippen LogP contribution in [0.25, 0.3) is 0 Å². The van der Waals surface area contributed by atoms with E-state index in [1.165, 1.54) is 0 Å². The van der Waals surface area contributed by atoms with Gasteiger partial charge in [-0.3, -0.25) is 9.69 Å². The van der Waals surface area contributed by atoms with E-state index in [4.69, 9.17) is 10.0 Å². The fourth-order valence-corrected chi connectivity index (χ4v) is 0.313. The predicted molar refractivity (Wildman–Crippen MR) is 38.3 cm³/mol. The molecule has 10 heavy (non-hydrogen) atoms. The Bertz CT molecular complexity index is 103. The largest absolute Gasteiger partial charge is 0.432 e. The summed E-state index contributed by atoms with van der Waals surface area (Å²) in [6.45, 7) is 0. The Balaban J connectivity index is 0. The molecule has 0 unspecified atom stereocenters. The maximum Gasteiger partial charge on any atom is 0.432 e. The molecule has 56 valence electrons. The summed E-state index contributed by atoms with van der Waals surface area (Å²) >= 11 is 0. The second kappa shape index (κ2) is 10.9. The Labute approximate surface area is 59.0 Å². The van der Waals surface area contributed by atoms with E-state index in [0.29, 0.717) is 0 Å². The Hall–Kier alpha value is -0.935. The molecule has 1 rings (SSSR count). The van der Waals surface area contributed by atoms with Gasteiger partial charge in [0.15, 0.2) is 0 Å². The standard InChI is InChI=1S/C5H5N.BH3O2.FH/c1-2-4-6-5-3-1;2-1-3;/h1-5H;1-3H;1H. The van der Waals surface area contributed by atoms with Gasteiger partial charge in [0.25, 0.3) is 0 Å². The number of pyridine rings is 1. The van der Waals surface area contributed by atoms with Crippen LogP contribution in [0.3, 0.4) is 0 Å². The molecule has 1 heterocycles. The molecule has 3 nitrogen and oxygen atoms in total. The van der Waals surface area contributed by atoms with Crippen molar-refractivity contribution in [3.63, 3.8) is 0 Å². The maximum absolute atomic E-state index is 7.12. The van der Waals surface area contributed by atoms with Crippen molar-refractivity contribution < 1.29 is 14.8 Å². The van der Waals surface area contributed by atoms with Crippen LogP contribution in [0, 0.1) is 0 Å². The van der Waals surface area contributed by atoms with Crippen molar-refractivity contribution in [2.45, 2.75) is 0 Å². The Morgan fingerprint density at radius 2 is 1.40 bits per heavy atom. The lowest BCUT2D eigenvalue weighted by atomic mass is 10.5. The molecule has 0 aliphatic heterocycles. The van der Waals surface area contributed by atoms with E-state index in [2.05, 4.69) is 4.98 Å². The molecule has 5 heteroatoms. The van der Waals surface area contributed by atoms with E-state index in [1.807, 2.05) is 18.2 Å². The summed E-state index contributed by atoms with van der Waals surface area (Å²) in [5.41, 5.74) is 0. The van der Waals surface area contributed by atoms with Crippen LogP contribution in [-0.4, -0.2) is 22.7 Å². The summed E-state index contributed by atoms with van der Waals surface area (Å²) in [4.78, 5) is 3.78. The second-order valence-corrected chi connectivity index (χ2v) is 1.17. The zero-order valence-electron chi connectivity index (χ0n) is 5.34. The van der Waals surface area contributed by atoms with Gasteiger partial charge in [-0.1, -0.05) is 6.07 Å². The summed E-state index contributed by atoms with van der Waals surface area (Å²) in [7, 11) is -0.750. The minimum atomic E-state index is -0.750. The van der Waals surface area contributed by atoms with Gasteiger partial charge in [0.1, 0.15) is 0 Å². The smallest absolute Gasteiger partial charge is 0.430 e. The first-order chi connectivity index (χ1) is 4.41. The summed E-state index contributed by atoms with van der Waals surface area (Å²) in [5, 5.41) is 14.2. The van der Waals surface area contributed by atoms with Gasteiger partial charge >= 0.3 is 7.69 Å². The first-order valence-electron chi connectivity index (χ1n) is 2.48. The molecule has 0 fully saturated rings. The highest BCUT2D eigenvalue weighted by Gasteiger charge is 1.58. The van der Waals surface area contributed by atoms with Gasteiger partial charge < -0.3 is 10.0 Å². The average molecular weight is 145 g/mol. The van der Waals surface area contributed by atoms with E-state index in [-0.39, 0.29) is 4.70 Å². The molecule has 1 aromatic rings. The summed E-state index contributed by atoms with van der Waals surface area (Å²) in [6, 6.07) is 5.72. The molecule has 0 bridgehead atoms. The summed E-state index contributed by atoms with van der Waals surface area (Å²) in [5.74, 6) is 0. The quantitative estimate of drug-likeness (QED) is 0.482. The second-order valence-electron chi connectivity index (χ2n) is 1.17. The zero-order chi connectivity index (χ0) is 6.95. The summed E-state index contributed by atoms with van der Waals surface area (Å²) in [6.07, 6.45) is 3.50. The van der Waals surface area contributed by atoms with Crippen LogP contribution in [0.2, 0.25) is 0 Å². The lowest BCUT2D eigenvalue weighted by Crippen LogP contribution is -1.75. The van der Waals surface area contributed by atoms with Gasteiger partial charge in [0.2, 0.25) is 0 Å². The molecule has 2 N–H and O–H groups in total. The molecule has 0 amide bonds. The van der Waals surface area contributed by atoms with E-state index >= 15 is 0 Å². The van der Waals surface area contributed by atoms with Crippen molar-refractivity contribution in [3.8, 4) is 0 Å². The third-order valence-electron chi connectivity index (χ3n) is 0.566. The minimum absolute atomic E-state index is 0. The van der Waals surface area contributed by atoms with E-state index in [0.717, 1.165) is 0 Å². The molecule has 0 aromatic carbocycles. The van der Waals surface area contributed by atoms with Crippen LogP contribution in [0.5, 0.6) is 0 Å². The number of hydrogen-bond acceptors (Lipinski definition) is 3. The van der Waals surface area contributed by atoms with Crippen molar-refractivity contribution in [1.29, 1.82) is 0 Å². The fraction of sp³-hybridized carbons (Fsp3) is 0. The topological polar surface area (TPSA) is 53.4 Å². The van der Waals surface area contributed by atoms with E-state index < -0.39 is 7.69 Å². The molecule has 0 radical (unpaired) electrons. The lowest BCUT2D eigenvalue weighted by Gasteiger charge is -1.70. The monoisotopic (exact) mass is 145 g/mol. The molecular formula is C5H9BFNO2. The van der Waals surface area contributed by atoms with Crippen LogP contribution < -0.4 is 0 Å². The van der Waals surface area contributed by atoms with Crippen LogP contribution >= 0.6 is 0 Å². The Morgan fingerprint density at radius 3 is 1.50 bits per heavy atom. The van der Waals surface area contributed by atoms with Gasteiger partial charge in [-0.25, -0.2) is 0 Å². The SMILES string of the molecule is F.OBO.c1ccncc1. The molecule has 0 saturated carbocycles. The number of halogens is 1. The van der Waals surface area contributed by atoms with Crippen molar-refractivity contribution >= 4 is 7.69 Å². The molecule has 0 aliphatic carbocycles. The molecule has 0 spiro atoms. The maximum atomic E-state index is 7.12. The predicted octanol–water partition coefficient (Wildman–Crippen LogP) is -0.528. The Morgan fingerprint density at radius 1 is 1.00 bits per heavy atom. The minimum Gasteiger partial charge on any atom is -0.430 e. The van der Waals surface area contributed by atoms with Gasteiger partial charge in [-0.15, -0.1) is 0 Å². The number of aromatic nitrogens is 1. The normalized spacial score (nSPS) is 6.20. The fourth-order valence-electron chi connectivity index (χ4n) is 0.313. The van der Waals surface area contributed by atoms with Crippen LogP contribution in [0.4, 0.5) is 4.70 Å². The van der Waals surface area contributed by atoms with Crippen molar-refractivity contribution in [2.75, 3.05) is 0 Å². The van der Waals surface area contributed by atoms with Crippen molar-refractivity contribution in [1.82, 2.24) is 4.98 Å². The highest BCUT2D eigenvalue weighted by atomic mass is 19.0. The van der Waals surface area contributed by atoms with Gasteiger partial charge in [-0.05, 0) is 12.1 Å². The van der Waals surface area contributed by atoms with Crippen LogP contribution in [0.15, 0.2) is 30.6 Å². The molecule has 0 atom stereocenters. The van der Waals surface area contributed by atoms with Gasteiger partial charge in [0, 0.05) is 12.4 Å². The number of rotatable bonds is 0. The van der Waals surface area contributed by atoms with Gasteiger partial charge in [-0.2, -0.15) is 0 Å². The van der Waals surface area contributed by atoms with E-state index in [9.17, 15) is 0 Å². The van der Waals surface area contributed by atoms with Crippen LogP contribution in [0.1, 0.15) is 0 Å². The lowest BCUT2D eigenvalue weighted by molar-refractivity contribution is 0.448. The molecular weight excluding hydrogens is 136 g/mol. The first kappa shape index (κ1) is 11.8. The average Bonchev–Trinajstić information content (AvgIpc) is 1.93. The molecule has 0 saturated heterocycles. The van der Waals surface area contributed by atoms with Crippen LogP contribution in [-0.2, 0) is 0 Å². The zero-order valence-corrected chi connectivity index (χ0v) is 5.34. The third kappa shape index (κ3) is 10.1. The highest BCUT2D eigenvalue weighted by molar-refractivity contribution is 6.13. The number of hydrogen-bond donors (Lipinski definition) is 2. The van der Waals surface area contributed by atoms with Gasteiger partial charge in [0.05, 0.1) is 0 Å². The third-order valence-corrected chi connectivity index (χ3v) is 0.566. The molecule has 1 aromatic heterocycles. The highest BCUT2D eigenvalue weighted by Crippen LogP contribution is 1.73.